The molecule has 2 aromatic carbocycles. The van der Waals surface area contributed by atoms with Crippen molar-refractivity contribution in [3.8, 4) is 11.5 Å². The lowest BCUT2D eigenvalue weighted by Crippen LogP contribution is -2.10. The van der Waals surface area contributed by atoms with E-state index in [1.54, 1.807) is 13.0 Å². The van der Waals surface area contributed by atoms with E-state index in [1.807, 2.05) is 54.6 Å². The Balaban J connectivity index is 1.66. The zero-order valence-corrected chi connectivity index (χ0v) is 14.1. The standard InChI is InChI=1S/C21H20O4/c1-2-24-21(23)18-14-17(18)19(22)13-12-15-8-6-7-11-20(15)25-16-9-4-3-5-10-16/h3-13,17-18H,2,14H2,1H3. The van der Waals surface area contributed by atoms with Crippen LogP contribution >= 0.6 is 0 Å². The van der Waals surface area contributed by atoms with Crippen molar-refractivity contribution in [2.75, 3.05) is 6.61 Å². The number of allylic oxidation sites excluding steroid dienone is 1. The van der Waals surface area contributed by atoms with Gasteiger partial charge in [0, 0.05) is 11.5 Å². The van der Waals surface area contributed by atoms with Crippen LogP contribution in [0.4, 0.5) is 0 Å². The number of benzene rings is 2. The van der Waals surface area contributed by atoms with E-state index in [9.17, 15) is 9.59 Å². The third kappa shape index (κ3) is 4.35. The zero-order chi connectivity index (χ0) is 17.6. The second-order valence-electron chi connectivity index (χ2n) is 5.89. The lowest BCUT2D eigenvalue weighted by atomic mass is 10.1. The van der Waals surface area contributed by atoms with Crippen LogP contribution in [0.15, 0.2) is 60.7 Å². The Bertz CT molecular complexity index is 779. The SMILES string of the molecule is CCOC(=O)C1CC1C(=O)C=Cc1ccccc1Oc1ccccc1. The second kappa shape index (κ2) is 7.79. The normalized spacial score (nSPS) is 18.8. The smallest absolute Gasteiger partial charge is 0.309 e. The summed E-state index contributed by atoms with van der Waals surface area (Å²) in [5.74, 6) is 0.551. The fraction of sp³-hybridized carbons (Fsp3) is 0.238. The molecule has 0 amide bonds. The number of hydrogen-bond acceptors (Lipinski definition) is 4. The van der Waals surface area contributed by atoms with Gasteiger partial charge < -0.3 is 9.47 Å². The molecule has 1 aliphatic carbocycles. The van der Waals surface area contributed by atoms with Gasteiger partial charge >= 0.3 is 5.97 Å². The number of esters is 1. The van der Waals surface area contributed by atoms with Crippen LogP contribution < -0.4 is 4.74 Å². The molecule has 4 nitrogen and oxygen atoms in total. The van der Waals surface area contributed by atoms with E-state index in [1.165, 1.54) is 6.08 Å². The van der Waals surface area contributed by atoms with Gasteiger partial charge in [-0.05, 0) is 43.7 Å². The van der Waals surface area contributed by atoms with Crippen LogP contribution in [0.25, 0.3) is 6.08 Å². The Labute approximate surface area is 147 Å². The minimum absolute atomic E-state index is 0.0485. The van der Waals surface area contributed by atoms with Crippen LogP contribution in [0.1, 0.15) is 18.9 Å². The fourth-order valence-corrected chi connectivity index (χ4v) is 2.64. The van der Waals surface area contributed by atoms with Crippen molar-refractivity contribution in [2.45, 2.75) is 13.3 Å². The number of rotatable bonds is 7. The summed E-state index contributed by atoms with van der Waals surface area (Å²) in [6, 6.07) is 17.0. The van der Waals surface area contributed by atoms with Crippen LogP contribution in [0.2, 0.25) is 0 Å². The fourth-order valence-electron chi connectivity index (χ4n) is 2.64. The molecule has 3 rings (SSSR count). The molecule has 4 heteroatoms. The van der Waals surface area contributed by atoms with Crippen molar-refractivity contribution < 1.29 is 19.1 Å². The van der Waals surface area contributed by atoms with Crippen molar-refractivity contribution in [3.63, 3.8) is 0 Å². The molecule has 1 saturated carbocycles. The number of carbonyl (C=O) groups is 2. The Morgan fingerprint density at radius 3 is 2.52 bits per heavy atom. The van der Waals surface area contributed by atoms with Crippen molar-refractivity contribution in [1.82, 2.24) is 0 Å². The average Bonchev–Trinajstić information content (AvgIpc) is 3.43. The van der Waals surface area contributed by atoms with Crippen molar-refractivity contribution in [2.24, 2.45) is 11.8 Å². The number of ketones is 1. The molecular formula is C21H20O4. The molecule has 1 fully saturated rings. The van der Waals surface area contributed by atoms with Gasteiger partial charge in [0.2, 0.25) is 0 Å². The summed E-state index contributed by atoms with van der Waals surface area (Å²) >= 11 is 0. The molecule has 25 heavy (non-hydrogen) atoms. The van der Waals surface area contributed by atoms with E-state index in [-0.39, 0.29) is 23.6 Å². The number of carbonyl (C=O) groups excluding carboxylic acids is 2. The molecule has 0 spiro atoms. The van der Waals surface area contributed by atoms with Gasteiger partial charge in [-0.3, -0.25) is 9.59 Å². The minimum Gasteiger partial charge on any atom is -0.466 e. The summed E-state index contributed by atoms with van der Waals surface area (Å²) in [6.07, 6.45) is 3.84. The van der Waals surface area contributed by atoms with Crippen molar-refractivity contribution in [3.05, 3.63) is 66.2 Å². The van der Waals surface area contributed by atoms with Crippen LogP contribution in [0.5, 0.6) is 11.5 Å². The minimum atomic E-state index is -0.284. The molecule has 2 unspecified atom stereocenters. The molecule has 128 valence electrons. The van der Waals surface area contributed by atoms with E-state index < -0.39 is 0 Å². The van der Waals surface area contributed by atoms with Crippen LogP contribution in [0, 0.1) is 11.8 Å². The van der Waals surface area contributed by atoms with E-state index >= 15 is 0 Å². The molecule has 2 atom stereocenters. The van der Waals surface area contributed by atoms with Gasteiger partial charge in [0.25, 0.3) is 0 Å². The Kier molecular flexibility index (Phi) is 5.29. The van der Waals surface area contributed by atoms with Gasteiger partial charge in [-0.1, -0.05) is 36.4 Å². The Morgan fingerprint density at radius 1 is 1.04 bits per heavy atom. The lowest BCUT2D eigenvalue weighted by Gasteiger charge is -2.08. The second-order valence-corrected chi connectivity index (χ2v) is 5.89. The average molecular weight is 336 g/mol. The Morgan fingerprint density at radius 2 is 1.76 bits per heavy atom. The van der Waals surface area contributed by atoms with Gasteiger partial charge in [-0.25, -0.2) is 0 Å². The molecular weight excluding hydrogens is 316 g/mol. The van der Waals surface area contributed by atoms with E-state index in [0.717, 1.165) is 11.3 Å². The lowest BCUT2D eigenvalue weighted by molar-refractivity contribution is -0.145. The predicted molar refractivity (Wildman–Crippen MR) is 95.2 cm³/mol. The summed E-state index contributed by atoms with van der Waals surface area (Å²) in [5.41, 5.74) is 0.813. The highest BCUT2D eigenvalue weighted by molar-refractivity contribution is 6.00. The van der Waals surface area contributed by atoms with Crippen LogP contribution in [-0.2, 0) is 14.3 Å². The maximum atomic E-state index is 12.2. The predicted octanol–water partition coefficient (Wildman–Crippen LogP) is 4.26. The topological polar surface area (TPSA) is 52.6 Å². The summed E-state index contributed by atoms with van der Waals surface area (Å²) in [7, 11) is 0. The first-order valence-electron chi connectivity index (χ1n) is 8.39. The third-order valence-electron chi connectivity index (χ3n) is 4.06. The van der Waals surface area contributed by atoms with Gasteiger partial charge in [-0.2, -0.15) is 0 Å². The van der Waals surface area contributed by atoms with Crippen molar-refractivity contribution in [1.29, 1.82) is 0 Å². The molecule has 0 aliphatic heterocycles. The highest BCUT2D eigenvalue weighted by atomic mass is 16.5. The molecule has 0 heterocycles. The van der Waals surface area contributed by atoms with E-state index in [0.29, 0.717) is 18.8 Å². The first kappa shape index (κ1) is 17.0. The highest BCUT2D eigenvalue weighted by Crippen LogP contribution is 2.40. The zero-order valence-electron chi connectivity index (χ0n) is 14.1. The van der Waals surface area contributed by atoms with Crippen LogP contribution in [-0.4, -0.2) is 18.4 Å². The summed E-state index contributed by atoms with van der Waals surface area (Å²) in [6.45, 7) is 2.11. The van der Waals surface area contributed by atoms with Crippen molar-refractivity contribution >= 4 is 17.8 Å². The Hall–Kier alpha value is -2.88. The molecule has 1 aliphatic rings. The number of para-hydroxylation sites is 2. The summed E-state index contributed by atoms with van der Waals surface area (Å²) < 4.78 is 10.8. The molecule has 0 aromatic heterocycles. The quantitative estimate of drug-likeness (QED) is 0.560. The van der Waals surface area contributed by atoms with Gasteiger partial charge in [0.1, 0.15) is 11.5 Å². The largest absolute Gasteiger partial charge is 0.466 e. The third-order valence-corrected chi connectivity index (χ3v) is 4.06. The van der Waals surface area contributed by atoms with E-state index in [4.69, 9.17) is 9.47 Å². The molecule has 0 N–H and O–H groups in total. The molecule has 2 aromatic rings. The number of hydrogen-bond donors (Lipinski definition) is 0. The molecule has 0 bridgehead atoms. The summed E-state index contributed by atoms with van der Waals surface area (Å²) in [5, 5.41) is 0. The molecule has 0 radical (unpaired) electrons. The maximum Gasteiger partial charge on any atom is 0.309 e. The van der Waals surface area contributed by atoms with Crippen LogP contribution in [0.3, 0.4) is 0 Å². The van der Waals surface area contributed by atoms with Gasteiger partial charge in [0.15, 0.2) is 5.78 Å². The maximum absolute atomic E-state index is 12.2. The van der Waals surface area contributed by atoms with Gasteiger partial charge in [0.05, 0.1) is 12.5 Å². The first-order chi connectivity index (χ1) is 12.2. The number of ether oxygens (including phenoxy) is 2. The van der Waals surface area contributed by atoms with Gasteiger partial charge in [-0.15, -0.1) is 0 Å². The van der Waals surface area contributed by atoms with E-state index in [2.05, 4.69) is 0 Å². The summed E-state index contributed by atoms with van der Waals surface area (Å²) in [4.78, 5) is 23.9. The monoisotopic (exact) mass is 336 g/mol. The first-order valence-corrected chi connectivity index (χ1v) is 8.39. The molecule has 0 saturated heterocycles. The highest BCUT2D eigenvalue weighted by Gasteiger charge is 2.47.